The molecule has 0 aliphatic carbocycles. The van der Waals surface area contributed by atoms with Gasteiger partial charge in [-0.25, -0.2) is 0 Å². The molecule has 0 aromatic rings. The molecule has 0 fully saturated rings. The van der Waals surface area contributed by atoms with Gasteiger partial charge in [0.1, 0.15) is 0 Å². The molecule has 1 nitrogen and oxygen atoms in total. The summed E-state index contributed by atoms with van der Waals surface area (Å²) in [6.45, 7) is 9.05. The molecular weight excluding hydrogens is 201 g/mol. The van der Waals surface area contributed by atoms with Crippen molar-refractivity contribution in [1.29, 1.82) is 0 Å². The van der Waals surface area contributed by atoms with Crippen LogP contribution < -0.4 is 0 Å². The summed E-state index contributed by atoms with van der Waals surface area (Å²) >= 11 is 2.04. The van der Waals surface area contributed by atoms with Crippen LogP contribution in [0.1, 0.15) is 40.5 Å². The number of rotatable bonds is 4. The van der Waals surface area contributed by atoms with Crippen molar-refractivity contribution in [3.05, 3.63) is 24.3 Å². The minimum absolute atomic E-state index is 0.213. The molecule has 0 radical (unpaired) electrons. The third kappa shape index (κ3) is 3.98. The Morgan fingerprint density at radius 2 is 2.00 bits per heavy atom. The molecule has 0 saturated heterocycles. The Hall–Kier alpha value is -0.305. The summed E-state index contributed by atoms with van der Waals surface area (Å²) in [5, 5.41) is 0. The Labute approximate surface area is 99.0 Å². The lowest BCUT2D eigenvalue weighted by molar-refractivity contribution is 0.328. The fourth-order valence-electron chi connectivity index (χ4n) is 1.57. The molecule has 15 heavy (non-hydrogen) atoms. The van der Waals surface area contributed by atoms with Crippen LogP contribution in [0.2, 0.25) is 0 Å². The Morgan fingerprint density at radius 1 is 1.27 bits per heavy atom. The van der Waals surface area contributed by atoms with Gasteiger partial charge in [0.25, 0.3) is 0 Å². The second-order valence-corrected chi connectivity index (χ2v) is 6.14. The third-order valence-electron chi connectivity index (χ3n) is 2.47. The van der Waals surface area contributed by atoms with E-state index in [1.54, 1.807) is 0 Å². The van der Waals surface area contributed by atoms with Gasteiger partial charge in [0.15, 0.2) is 0 Å². The van der Waals surface area contributed by atoms with Gasteiger partial charge in [-0.15, -0.1) is 0 Å². The summed E-state index contributed by atoms with van der Waals surface area (Å²) in [7, 11) is 0. The topological polar surface area (TPSA) is 3.24 Å². The molecule has 3 heteroatoms. The van der Waals surface area contributed by atoms with Crippen molar-refractivity contribution < 1.29 is 0 Å². The summed E-state index contributed by atoms with van der Waals surface area (Å²) in [6.07, 6.45) is 9.62. The summed E-state index contributed by atoms with van der Waals surface area (Å²) in [5.41, 5.74) is 0.213. The molecule has 0 bridgehead atoms. The lowest BCUT2D eigenvalue weighted by Crippen LogP contribution is -2.46. The second-order valence-electron chi connectivity index (χ2n) is 4.92. The molecule has 0 aromatic heterocycles. The normalized spacial score (nSPS) is 16.3. The second kappa shape index (κ2) is 5.69. The fraction of sp³-hybridized carbons (Fsp3) is 0.667. The molecule has 0 unspecified atom stereocenters. The van der Waals surface area contributed by atoms with E-state index in [1.165, 1.54) is 18.6 Å². The smallest absolute Gasteiger partial charge is 0.350 e. The summed E-state index contributed by atoms with van der Waals surface area (Å²) in [4.78, 5) is 2.44. The number of hydrogen-bond donors (Lipinski definition) is 0. The SMILES string of the molecule is CCCCSB1C=CC=CN1C(C)(C)C. The van der Waals surface area contributed by atoms with Crippen molar-refractivity contribution in [1.82, 2.24) is 4.81 Å². The van der Waals surface area contributed by atoms with Crippen molar-refractivity contribution in [3.63, 3.8) is 0 Å². The lowest BCUT2D eigenvalue weighted by Gasteiger charge is -2.39. The van der Waals surface area contributed by atoms with E-state index < -0.39 is 0 Å². The van der Waals surface area contributed by atoms with Gasteiger partial charge in [-0.2, -0.15) is 11.6 Å². The van der Waals surface area contributed by atoms with Crippen molar-refractivity contribution in [2.75, 3.05) is 5.75 Å². The number of hydrogen-bond acceptors (Lipinski definition) is 2. The maximum Gasteiger partial charge on any atom is 0.350 e. The van der Waals surface area contributed by atoms with E-state index in [9.17, 15) is 0 Å². The third-order valence-corrected chi connectivity index (χ3v) is 3.72. The highest BCUT2D eigenvalue weighted by molar-refractivity contribution is 8.25. The average Bonchev–Trinajstić information content (AvgIpc) is 2.17. The summed E-state index contributed by atoms with van der Waals surface area (Å²) < 4.78 is 0. The van der Waals surface area contributed by atoms with E-state index >= 15 is 0 Å². The Kier molecular flexibility index (Phi) is 4.84. The highest BCUT2D eigenvalue weighted by Gasteiger charge is 2.28. The molecule has 0 amide bonds. The predicted octanol–water partition coefficient (Wildman–Crippen LogP) is 3.73. The van der Waals surface area contributed by atoms with E-state index in [2.05, 4.69) is 56.8 Å². The molecule has 0 saturated carbocycles. The van der Waals surface area contributed by atoms with Gasteiger partial charge in [-0.1, -0.05) is 25.4 Å². The molecule has 0 spiro atoms. The molecule has 1 aliphatic rings. The van der Waals surface area contributed by atoms with E-state index in [0.29, 0.717) is 6.13 Å². The Bertz CT molecular complexity index is 242. The zero-order chi connectivity index (χ0) is 11.3. The molecule has 1 aliphatic heterocycles. The van der Waals surface area contributed by atoms with Gasteiger partial charge >= 0.3 is 6.13 Å². The largest absolute Gasteiger partial charge is 0.403 e. The maximum atomic E-state index is 2.44. The minimum atomic E-state index is 0.213. The van der Waals surface area contributed by atoms with E-state index in [4.69, 9.17) is 0 Å². The molecule has 0 N–H and O–H groups in total. The lowest BCUT2D eigenvalue weighted by atomic mass is 9.81. The first-order chi connectivity index (χ1) is 7.05. The number of allylic oxidation sites excluding steroid dienone is 2. The van der Waals surface area contributed by atoms with Crippen LogP contribution in [0.25, 0.3) is 0 Å². The molecule has 0 aromatic carbocycles. The van der Waals surface area contributed by atoms with Gasteiger partial charge in [-0.05, 0) is 45.2 Å². The van der Waals surface area contributed by atoms with Crippen LogP contribution in [0.15, 0.2) is 24.3 Å². The standard InChI is InChI=1S/C12H22BNS/c1-5-6-11-15-13-9-7-8-10-14(13)12(2,3)4/h7-10H,5-6,11H2,1-4H3. The Morgan fingerprint density at radius 3 is 2.60 bits per heavy atom. The van der Waals surface area contributed by atoms with Crippen LogP contribution in [0.3, 0.4) is 0 Å². The van der Waals surface area contributed by atoms with Gasteiger partial charge < -0.3 is 4.81 Å². The first-order valence-electron chi connectivity index (χ1n) is 5.80. The van der Waals surface area contributed by atoms with Gasteiger partial charge in [0.2, 0.25) is 0 Å². The van der Waals surface area contributed by atoms with Crippen LogP contribution in [0.4, 0.5) is 0 Å². The first-order valence-corrected chi connectivity index (χ1v) is 6.85. The monoisotopic (exact) mass is 223 g/mol. The van der Waals surface area contributed by atoms with Crippen LogP contribution in [0, 0.1) is 0 Å². The van der Waals surface area contributed by atoms with Crippen molar-refractivity contribution in [2.45, 2.75) is 46.1 Å². The highest BCUT2D eigenvalue weighted by Crippen LogP contribution is 2.25. The van der Waals surface area contributed by atoms with Gasteiger partial charge in [-0.3, -0.25) is 0 Å². The van der Waals surface area contributed by atoms with Gasteiger partial charge in [0.05, 0.1) is 0 Å². The quantitative estimate of drug-likeness (QED) is 0.527. The van der Waals surface area contributed by atoms with Crippen molar-refractivity contribution in [3.8, 4) is 0 Å². The minimum Gasteiger partial charge on any atom is -0.403 e. The van der Waals surface area contributed by atoms with Crippen molar-refractivity contribution in [2.24, 2.45) is 0 Å². The fourth-order valence-corrected chi connectivity index (χ4v) is 3.01. The molecule has 1 rings (SSSR count). The summed E-state index contributed by atoms with van der Waals surface area (Å²) in [6, 6.07) is 0. The van der Waals surface area contributed by atoms with Crippen LogP contribution in [-0.4, -0.2) is 22.2 Å². The zero-order valence-corrected chi connectivity index (χ0v) is 11.2. The number of nitrogens with zero attached hydrogens (tertiary/aromatic N) is 1. The Balaban J connectivity index is 2.53. The molecule has 84 valence electrons. The average molecular weight is 223 g/mol. The molecule has 1 heterocycles. The van der Waals surface area contributed by atoms with E-state index in [-0.39, 0.29) is 5.54 Å². The van der Waals surface area contributed by atoms with Crippen LogP contribution in [-0.2, 0) is 0 Å². The summed E-state index contributed by atoms with van der Waals surface area (Å²) in [5.74, 6) is 3.55. The highest BCUT2D eigenvalue weighted by atomic mass is 32.2. The van der Waals surface area contributed by atoms with Crippen molar-refractivity contribution >= 4 is 17.7 Å². The van der Waals surface area contributed by atoms with Gasteiger partial charge in [0, 0.05) is 5.54 Å². The molecular formula is C12H22BNS. The zero-order valence-electron chi connectivity index (χ0n) is 10.4. The number of unbranched alkanes of at least 4 members (excludes halogenated alkanes) is 1. The predicted molar refractivity (Wildman–Crippen MR) is 73.0 cm³/mol. The van der Waals surface area contributed by atoms with Crippen LogP contribution >= 0.6 is 11.6 Å². The maximum absolute atomic E-state index is 2.44. The van der Waals surface area contributed by atoms with Crippen LogP contribution in [0.5, 0.6) is 0 Å². The first kappa shape index (κ1) is 12.8. The molecule has 0 atom stereocenters. The van der Waals surface area contributed by atoms with E-state index in [0.717, 1.165) is 0 Å². The van der Waals surface area contributed by atoms with E-state index in [1.807, 2.05) is 11.6 Å².